The number of ketones is 1. The van der Waals surface area contributed by atoms with Gasteiger partial charge in [0.15, 0.2) is 11.5 Å². The summed E-state index contributed by atoms with van der Waals surface area (Å²) >= 11 is 6.18. The zero-order valence-electron chi connectivity index (χ0n) is 16.5. The predicted molar refractivity (Wildman–Crippen MR) is 114 cm³/mol. The summed E-state index contributed by atoms with van der Waals surface area (Å²) in [6.45, 7) is -0.257. The van der Waals surface area contributed by atoms with Gasteiger partial charge in [-0.2, -0.15) is 18.3 Å². The highest BCUT2D eigenvalue weighted by Gasteiger charge is 2.35. The van der Waals surface area contributed by atoms with Gasteiger partial charge in [0.25, 0.3) is 0 Å². The van der Waals surface area contributed by atoms with E-state index < -0.39 is 11.9 Å². The molecule has 0 atom stereocenters. The molecule has 4 aromatic rings. The Balaban J connectivity index is 1.67. The van der Waals surface area contributed by atoms with Crippen molar-refractivity contribution in [2.75, 3.05) is 0 Å². The Morgan fingerprint density at radius 1 is 0.938 bits per heavy atom. The highest BCUT2D eigenvalue weighted by molar-refractivity contribution is 6.32. The number of ether oxygens (including phenoxy) is 1. The summed E-state index contributed by atoms with van der Waals surface area (Å²) in [5.41, 5.74) is 0.136. The molecule has 0 bridgehead atoms. The number of para-hydroxylation sites is 2. The molecule has 0 amide bonds. The van der Waals surface area contributed by atoms with Crippen molar-refractivity contribution in [3.63, 3.8) is 0 Å². The molecule has 3 aromatic carbocycles. The second-order valence-electron chi connectivity index (χ2n) is 6.86. The van der Waals surface area contributed by atoms with E-state index in [9.17, 15) is 18.0 Å². The molecule has 0 unspecified atom stereocenters. The summed E-state index contributed by atoms with van der Waals surface area (Å²) in [6.07, 6.45) is -4.64. The quantitative estimate of drug-likeness (QED) is 0.317. The van der Waals surface area contributed by atoms with Crippen LogP contribution in [0, 0.1) is 0 Å². The Morgan fingerprint density at radius 2 is 1.59 bits per heavy atom. The third-order valence-electron chi connectivity index (χ3n) is 4.70. The van der Waals surface area contributed by atoms with Crippen LogP contribution < -0.4 is 4.74 Å². The lowest BCUT2D eigenvalue weighted by molar-refractivity contribution is -0.141. The molecule has 0 saturated heterocycles. The molecule has 1 heterocycles. The average molecular weight is 457 g/mol. The van der Waals surface area contributed by atoms with Crippen molar-refractivity contribution < 1.29 is 22.7 Å². The number of hydrogen-bond donors (Lipinski definition) is 0. The van der Waals surface area contributed by atoms with Crippen molar-refractivity contribution in [3.05, 3.63) is 112 Å². The van der Waals surface area contributed by atoms with E-state index in [4.69, 9.17) is 16.3 Å². The first-order valence-corrected chi connectivity index (χ1v) is 9.95. The van der Waals surface area contributed by atoms with E-state index in [0.29, 0.717) is 11.1 Å². The van der Waals surface area contributed by atoms with Gasteiger partial charge >= 0.3 is 6.18 Å². The summed E-state index contributed by atoms with van der Waals surface area (Å²) in [4.78, 5) is 12.9. The fraction of sp³-hybridized carbons (Fsp3) is 0.0833. The maximum absolute atomic E-state index is 13.3. The normalized spacial score (nSPS) is 11.4. The van der Waals surface area contributed by atoms with E-state index in [1.165, 1.54) is 0 Å². The van der Waals surface area contributed by atoms with Gasteiger partial charge in [-0.3, -0.25) is 4.79 Å². The van der Waals surface area contributed by atoms with Crippen molar-refractivity contribution in [3.8, 4) is 11.4 Å². The molecule has 0 saturated carbocycles. The lowest BCUT2D eigenvalue weighted by Gasteiger charge is -2.13. The molecule has 8 heteroatoms. The van der Waals surface area contributed by atoms with Gasteiger partial charge in [0.1, 0.15) is 12.4 Å². The highest BCUT2D eigenvalue weighted by Crippen LogP contribution is 2.31. The van der Waals surface area contributed by atoms with Crippen molar-refractivity contribution in [1.29, 1.82) is 0 Å². The van der Waals surface area contributed by atoms with Crippen LogP contribution >= 0.6 is 11.6 Å². The molecule has 32 heavy (non-hydrogen) atoms. The zero-order chi connectivity index (χ0) is 22.7. The number of carbonyl (C=O) groups is 1. The SMILES string of the molecule is O=C(c1ccccc1)c1ccccc1OCc1cc(C(F)(F)F)nn1-c1ccccc1Cl. The molecular weight excluding hydrogens is 441 g/mol. The van der Waals surface area contributed by atoms with Crippen molar-refractivity contribution >= 4 is 17.4 Å². The molecule has 4 nitrogen and oxygen atoms in total. The molecule has 0 fully saturated rings. The molecular formula is C24H16ClF3N2O2. The lowest BCUT2D eigenvalue weighted by Crippen LogP contribution is -2.09. The van der Waals surface area contributed by atoms with Crippen LogP contribution in [0.15, 0.2) is 84.9 Å². The number of halogens is 4. The minimum atomic E-state index is -4.64. The molecule has 0 aliphatic rings. The van der Waals surface area contributed by atoms with Crippen molar-refractivity contribution in [1.82, 2.24) is 9.78 Å². The molecule has 0 radical (unpaired) electrons. The molecule has 0 aliphatic heterocycles. The Bertz CT molecular complexity index is 1250. The van der Waals surface area contributed by atoms with E-state index in [2.05, 4.69) is 5.10 Å². The third-order valence-corrected chi connectivity index (χ3v) is 5.02. The Morgan fingerprint density at radius 3 is 2.31 bits per heavy atom. The van der Waals surface area contributed by atoms with Gasteiger partial charge in [-0.05, 0) is 30.3 Å². The summed E-state index contributed by atoms with van der Waals surface area (Å²) in [6, 6.07) is 22.6. The second kappa shape index (κ2) is 8.88. The van der Waals surface area contributed by atoms with Gasteiger partial charge in [-0.1, -0.05) is 66.2 Å². The topological polar surface area (TPSA) is 44.1 Å². The standard InChI is InChI=1S/C24H16ClF3N2O2/c25-19-11-5-6-12-20(19)30-17(14-22(29-30)24(26,27)28)15-32-21-13-7-4-10-18(21)23(31)16-8-2-1-3-9-16/h1-14H,15H2. The maximum Gasteiger partial charge on any atom is 0.435 e. The predicted octanol–water partition coefficient (Wildman–Crippen LogP) is 6.35. The number of benzene rings is 3. The number of aromatic nitrogens is 2. The summed E-state index contributed by atoms with van der Waals surface area (Å²) < 4.78 is 46.9. The molecule has 4 rings (SSSR count). The molecule has 0 spiro atoms. The van der Waals surface area contributed by atoms with Crippen LogP contribution in [-0.4, -0.2) is 15.6 Å². The van der Waals surface area contributed by atoms with Crippen LogP contribution in [0.4, 0.5) is 13.2 Å². The summed E-state index contributed by atoms with van der Waals surface area (Å²) in [5.74, 6) is -0.00128. The van der Waals surface area contributed by atoms with Gasteiger partial charge in [0.05, 0.1) is 22.0 Å². The fourth-order valence-electron chi connectivity index (χ4n) is 3.17. The zero-order valence-corrected chi connectivity index (χ0v) is 17.3. The average Bonchev–Trinajstić information content (AvgIpc) is 3.23. The van der Waals surface area contributed by atoms with Crippen molar-refractivity contribution in [2.24, 2.45) is 0 Å². The third kappa shape index (κ3) is 4.53. The monoisotopic (exact) mass is 456 g/mol. The number of alkyl halides is 3. The fourth-order valence-corrected chi connectivity index (χ4v) is 3.39. The Labute approximate surface area is 186 Å². The van der Waals surface area contributed by atoms with Gasteiger partial charge in [-0.15, -0.1) is 0 Å². The Kier molecular flexibility index (Phi) is 6.01. The first-order chi connectivity index (χ1) is 15.3. The van der Waals surface area contributed by atoms with Crippen LogP contribution in [0.5, 0.6) is 5.75 Å². The largest absolute Gasteiger partial charge is 0.487 e. The second-order valence-corrected chi connectivity index (χ2v) is 7.27. The van der Waals surface area contributed by atoms with Gasteiger partial charge in [0, 0.05) is 5.56 Å². The van der Waals surface area contributed by atoms with Crippen LogP contribution in [0.2, 0.25) is 5.02 Å². The van der Waals surface area contributed by atoms with Gasteiger partial charge in [0.2, 0.25) is 0 Å². The number of hydrogen-bond acceptors (Lipinski definition) is 3. The number of nitrogens with zero attached hydrogens (tertiary/aromatic N) is 2. The first-order valence-electron chi connectivity index (χ1n) is 9.57. The van der Waals surface area contributed by atoms with E-state index in [-0.39, 0.29) is 34.5 Å². The number of rotatable bonds is 6. The van der Waals surface area contributed by atoms with E-state index in [0.717, 1.165) is 10.7 Å². The smallest absolute Gasteiger partial charge is 0.435 e. The van der Waals surface area contributed by atoms with E-state index in [1.807, 2.05) is 0 Å². The van der Waals surface area contributed by atoms with Crippen LogP contribution in [0.25, 0.3) is 5.69 Å². The molecule has 0 aliphatic carbocycles. The van der Waals surface area contributed by atoms with Crippen molar-refractivity contribution in [2.45, 2.75) is 12.8 Å². The lowest BCUT2D eigenvalue weighted by atomic mass is 10.0. The van der Waals surface area contributed by atoms with Crippen LogP contribution in [0.1, 0.15) is 27.3 Å². The summed E-state index contributed by atoms with van der Waals surface area (Å²) in [7, 11) is 0. The van der Waals surface area contributed by atoms with E-state index >= 15 is 0 Å². The molecule has 1 aromatic heterocycles. The highest BCUT2D eigenvalue weighted by atomic mass is 35.5. The molecule has 0 N–H and O–H groups in total. The van der Waals surface area contributed by atoms with Crippen LogP contribution in [-0.2, 0) is 12.8 Å². The minimum Gasteiger partial charge on any atom is -0.487 e. The Hall–Kier alpha value is -3.58. The van der Waals surface area contributed by atoms with Gasteiger partial charge in [-0.25, -0.2) is 4.68 Å². The minimum absolute atomic E-state index is 0.132. The maximum atomic E-state index is 13.3. The molecule has 162 valence electrons. The van der Waals surface area contributed by atoms with Gasteiger partial charge < -0.3 is 4.74 Å². The summed E-state index contributed by atoms with van der Waals surface area (Å²) in [5, 5.41) is 3.93. The number of carbonyl (C=O) groups excluding carboxylic acids is 1. The van der Waals surface area contributed by atoms with Crippen LogP contribution in [0.3, 0.4) is 0 Å². The van der Waals surface area contributed by atoms with E-state index in [1.54, 1.807) is 78.9 Å². The first kappa shape index (κ1) is 21.6.